The van der Waals surface area contributed by atoms with Gasteiger partial charge in [0.15, 0.2) is 0 Å². The van der Waals surface area contributed by atoms with Gasteiger partial charge in [-0.05, 0) is 24.3 Å². The topological polar surface area (TPSA) is 42.2 Å². The summed E-state index contributed by atoms with van der Waals surface area (Å²) >= 11 is 0. The van der Waals surface area contributed by atoms with Gasteiger partial charge in [0.1, 0.15) is 42.2 Å². The van der Waals surface area contributed by atoms with Crippen LogP contribution in [0, 0.1) is 17.1 Å². The van der Waals surface area contributed by atoms with E-state index in [1.54, 1.807) is 12.1 Å². The summed E-state index contributed by atoms with van der Waals surface area (Å²) in [5.41, 5.74) is -0.0813. The molecule has 0 saturated carbocycles. The third-order valence-electron chi connectivity index (χ3n) is 2.44. The van der Waals surface area contributed by atoms with Crippen LogP contribution in [0.2, 0.25) is 0 Å². The molecule has 3 nitrogen and oxygen atoms in total. The molecule has 0 unspecified atom stereocenters. The Balaban J connectivity index is 1.87. The Morgan fingerprint density at radius 1 is 0.947 bits per heavy atom. The van der Waals surface area contributed by atoms with E-state index in [0.717, 1.165) is 5.75 Å². The number of hydrogen-bond donors (Lipinski definition) is 0. The SMILES string of the molecule is N#Cc1c(F)cccc1OCCOc1ccccc1. The van der Waals surface area contributed by atoms with E-state index in [-0.39, 0.29) is 17.9 Å². The van der Waals surface area contributed by atoms with Crippen LogP contribution in [-0.2, 0) is 0 Å². The second kappa shape index (κ2) is 6.41. The van der Waals surface area contributed by atoms with Crippen molar-refractivity contribution >= 4 is 0 Å². The third-order valence-corrected chi connectivity index (χ3v) is 2.44. The number of ether oxygens (including phenoxy) is 2. The first-order valence-corrected chi connectivity index (χ1v) is 5.80. The van der Waals surface area contributed by atoms with Gasteiger partial charge in [-0.1, -0.05) is 24.3 Å². The zero-order valence-electron chi connectivity index (χ0n) is 10.2. The zero-order chi connectivity index (χ0) is 13.5. The number of halogens is 1. The number of hydrogen-bond acceptors (Lipinski definition) is 3. The fourth-order valence-electron chi connectivity index (χ4n) is 1.56. The van der Waals surface area contributed by atoms with Crippen molar-refractivity contribution in [3.63, 3.8) is 0 Å². The van der Waals surface area contributed by atoms with Crippen molar-refractivity contribution in [3.05, 3.63) is 59.9 Å². The van der Waals surface area contributed by atoms with Crippen molar-refractivity contribution in [2.75, 3.05) is 13.2 Å². The molecular weight excluding hydrogens is 245 g/mol. The monoisotopic (exact) mass is 257 g/mol. The van der Waals surface area contributed by atoms with E-state index in [9.17, 15) is 4.39 Å². The lowest BCUT2D eigenvalue weighted by atomic mass is 10.2. The van der Waals surface area contributed by atoms with Gasteiger partial charge in [-0.15, -0.1) is 0 Å². The van der Waals surface area contributed by atoms with Crippen LogP contribution in [-0.4, -0.2) is 13.2 Å². The van der Waals surface area contributed by atoms with Crippen molar-refractivity contribution in [1.82, 2.24) is 0 Å². The molecule has 0 aliphatic heterocycles. The molecule has 0 N–H and O–H groups in total. The van der Waals surface area contributed by atoms with E-state index in [1.165, 1.54) is 12.1 Å². The lowest BCUT2D eigenvalue weighted by Crippen LogP contribution is -2.09. The summed E-state index contributed by atoms with van der Waals surface area (Å²) in [4.78, 5) is 0. The first-order chi connectivity index (χ1) is 9.31. The van der Waals surface area contributed by atoms with Gasteiger partial charge in [-0.2, -0.15) is 5.26 Å². The lowest BCUT2D eigenvalue weighted by Gasteiger charge is -2.09. The molecule has 0 saturated heterocycles. The van der Waals surface area contributed by atoms with Crippen LogP contribution >= 0.6 is 0 Å². The van der Waals surface area contributed by atoms with Crippen molar-refractivity contribution in [1.29, 1.82) is 5.26 Å². The molecule has 0 atom stereocenters. The van der Waals surface area contributed by atoms with E-state index in [1.807, 2.05) is 30.3 Å². The van der Waals surface area contributed by atoms with Gasteiger partial charge in [0.05, 0.1) is 0 Å². The Morgan fingerprint density at radius 3 is 2.42 bits per heavy atom. The standard InChI is InChI=1S/C15H12FNO2/c16-14-7-4-8-15(13(14)11-17)19-10-9-18-12-5-2-1-3-6-12/h1-8H,9-10H2. The van der Waals surface area contributed by atoms with Gasteiger partial charge in [0.2, 0.25) is 0 Å². The average molecular weight is 257 g/mol. The second-order valence-corrected chi connectivity index (χ2v) is 3.73. The molecule has 96 valence electrons. The van der Waals surface area contributed by atoms with Crippen LogP contribution in [0.3, 0.4) is 0 Å². The highest BCUT2D eigenvalue weighted by molar-refractivity contribution is 5.43. The van der Waals surface area contributed by atoms with E-state index in [4.69, 9.17) is 14.7 Å². The molecule has 0 heterocycles. The molecule has 0 spiro atoms. The number of para-hydroxylation sites is 1. The van der Waals surface area contributed by atoms with Gasteiger partial charge in [-0.3, -0.25) is 0 Å². The van der Waals surface area contributed by atoms with Gasteiger partial charge in [0, 0.05) is 0 Å². The molecule has 0 radical (unpaired) electrons. The molecule has 19 heavy (non-hydrogen) atoms. The van der Waals surface area contributed by atoms with Crippen LogP contribution in [0.5, 0.6) is 11.5 Å². The second-order valence-electron chi connectivity index (χ2n) is 3.73. The molecule has 0 aliphatic rings. The van der Waals surface area contributed by atoms with Crippen LogP contribution < -0.4 is 9.47 Å². The zero-order valence-corrected chi connectivity index (χ0v) is 10.2. The summed E-state index contributed by atoms with van der Waals surface area (Å²) in [6.45, 7) is 0.568. The summed E-state index contributed by atoms with van der Waals surface area (Å²) in [5, 5.41) is 8.83. The maximum Gasteiger partial charge on any atom is 0.144 e. The first-order valence-electron chi connectivity index (χ1n) is 5.80. The van der Waals surface area contributed by atoms with Crippen LogP contribution in [0.25, 0.3) is 0 Å². The van der Waals surface area contributed by atoms with E-state index < -0.39 is 5.82 Å². The van der Waals surface area contributed by atoms with Crippen LogP contribution in [0.4, 0.5) is 4.39 Å². The highest BCUT2D eigenvalue weighted by atomic mass is 19.1. The smallest absolute Gasteiger partial charge is 0.144 e. The summed E-state index contributed by atoms with van der Waals surface area (Å²) in [6.07, 6.45) is 0. The summed E-state index contributed by atoms with van der Waals surface area (Å²) < 4.78 is 24.1. The molecule has 2 aromatic carbocycles. The van der Waals surface area contributed by atoms with Crippen LogP contribution in [0.15, 0.2) is 48.5 Å². The largest absolute Gasteiger partial charge is 0.490 e. The first kappa shape index (κ1) is 12.9. The average Bonchev–Trinajstić information content (AvgIpc) is 2.45. The summed E-state index contributed by atoms with van der Waals surface area (Å²) in [7, 11) is 0. The molecule has 0 fully saturated rings. The molecule has 0 amide bonds. The minimum absolute atomic E-state index is 0.0813. The quantitative estimate of drug-likeness (QED) is 0.773. The fraction of sp³-hybridized carbons (Fsp3) is 0.133. The number of nitrogens with zero attached hydrogens (tertiary/aromatic N) is 1. The number of rotatable bonds is 5. The summed E-state index contributed by atoms with van der Waals surface area (Å²) in [5.74, 6) is 0.397. The normalized spacial score (nSPS) is 9.68. The maximum atomic E-state index is 13.3. The minimum Gasteiger partial charge on any atom is -0.490 e. The van der Waals surface area contributed by atoms with Crippen molar-refractivity contribution in [2.24, 2.45) is 0 Å². The number of nitriles is 1. The molecule has 4 heteroatoms. The van der Waals surface area contributed by atoms with Crippen LogP contribution in [0.1, 0.15) is 5.56 Å². The van der Waals surface area contributed by atoms with Crippen molar-refractivity contribution < 1.29 is 13.9 Å². The fourth-order valence-corrected chi connectivity index (χ4v) is 1.56. The molecular formula is C15H12FNO2. The Bertz CT molecular complexity index is 578. The lowest BCUT2D eigenvalue weighted by molar-refractivity contribution is 0.216. The van der Waals surface area contributed by atoms with Gasteiger partial charge in [0.25, 0.3) is 0 Å². The van der Waals surface area contributed by atoms with Crippen molar-refractivity contribution in [3.8, 4) is 17.6 Å². The Kier molecular flexibility index (Phi) is 4.35. The Labute approximate surface area is 110 Å². The summed E-state index contributed by atoms with van der Waals surface area (Å²) in [6, 6.07) is 15.4. The Hall–Kier alpha value is -2.54. The van der Waals surface area contributed by atoms with Crippen molar-refractivity contribution in [2.45, 2.75) is 0 Å². The number of benzene rings is 2. The van der Waals surface area contributed by atoms with E-state index >= 15 is 0 Å². The highest BCUT2D eigenvalue weighted by Gasteiger charge is 2.08. The molecule has 2 aromatic rings. The van der Waals surface area contributed by atoms with E-state index in [2.05, 4.69) is 0 Å². The predicted molar refractivity (Wildman–Crippen MR) is 68.5 cm³/mol. The highest BCUT2D eigenvalue weighted by Crippen LogP contribution is 2.20. The maximum absolute atomic E-state index is 13.3. The molecule has 2 rings (SSSR count). The molecule has 0 aromatic heterocycles. The molecule has 0 aliphatic carbocycles. The minimum atomic E-state index is -0.580. The predicted octanol–water partition coefficient (Wildman–Crippen LogP) is 3.16. The van der Waals surface area contributed by atoms with Gasteiger partial charge >= 0.3 is 0 Å². The van der Waals surface area contributed by atoms with E-state index in [0.29, 0.717) is 6.61 Å². The van der Waals surface area contributed by atoms with Gasteiger partial charge < -0.3 is 9.47 Å². The van der Waals surface area contributed by atoms with Gasteiger partial charge in [-0.25, -0.2) is 4.39 Å². The Morgan fingerprint density at radius 2 is 1.68 bits per heavy atom. The molecule has 0 bridgehead atoms. The third kappa shape index (κ3) is 3.46.